The minimum absolute atomic E-state index is 0. The Morgan fingerprint density at radius 3 is 1.31 bits per heavy atom. The van der Waals surface area contributed by atoms with Crippen LogP contribution in [0.25, 0.3) is 0 Å². The highest BCUT2D eigenvalue weighted by Gasteiger charge is 1.98. The number of carbonyl (C=O) groups is 2. The molecule has 0 radical (unpaired) electrons. The summed E-state index contributed by atoms with van der Waals surface area (Å²) in [7, 11) is 0. The van der Waals surface area contributed by atoms with E-state index >= 15 is 0 Å². The molecule has 2 N–H and O–H groups in total. The summed E-state index contributed by atoms with van der Waals surface area (Å²) in [5, 5.41) is 16.4. The Hall–Kier alpha value is -0.480. The van der Waals surface area contributed by atoms with Crippen LogP contribution in [0.1, 0.15) is 32.1 Å². The molecule has 0 aromatic carbocycles. The first-order valence-electron chi connectivity index (χ1n) is 3.56. The lowest BCUT2D eigenvalue weighted by molar-refractivity contribution is -0.137. The van der Waals surface area contributed by atoms with Crippen molar-refractivity contribution in [3.05, 3.63) is 0 Å². The Bertz CT molecular complexity index is 133. The lowest BCUT2D eigenvalue weighted by Crippen LogP contribution is -1.96. The van der Waals surface area contributed by atoms with Gasteiger partial charge in [-0.2, -0.15) is 0 Å². The van der Waals surface area contributed by atoms with Gasteiger partial charge in [0.2, 0.25) is 0 Å². The van der Waals surface area contributed by atoms with Gasteiger partial charge in [0.1, 0.15) is 0 Å². The van der Waals surface area contributed by atoms with Crippen LogP contribution in [0.2, 0.25) is 0 Å². The fourth-order valence-electron chi connectivity index (χ4n) is 0.729. The van der Waals surface area contributed by atoms with E-state index in [1.54, 1.807) is 0 Å². The van der Waals surface area contributed by atoms with Gasteiger partial charge in [-0.15, -0.1) is 24.8 Å². The van der Waals surface area contributed by atoms with E-state index in [0.717, 1.165) is 0 Å². The summed E-state index contributed by atoms with van der Waals surface area (Å²) in [6, 6.07) is 0. The molecule has 0 bridgehead atoms. The largest absolute Gasteiger partial charge is 0.481 e. The molecule has 0 unspecified atom stereocenters. The lowest BCUT2D eigenvalue weighted by Gasteiger charge is -1.94. The molecule has 0 aliphatic rings. The Kier molecular flexibility index (Phi) is 16.2. The van der Waals surface area contributed by atoms with Crippen molar-refractivity contribution in [2.75, 3.05) is 0 Å². The molecule has 0 atom stereocenters. The zero-order valence-electron chi connectivity index (χ0n) is 7.06. The van der Waals surface area contributed by atoms with Crippen molar-refractivity contribution >= 4 is 36.8 Å². The summed E-state index contributed by atoms with van der Waals surface area (Å²) >= 11 is 0. The van der Waals surface area contributed by atoms with Crippen LogP contribution >= 0.6 is 24.8 Å². The van der Waals surface area contributed by atoms with Crippen molar-refractivity contribution in [3.8, 4) is 0 Å². The molecule has 0 aromatic rings. The van der Waals surface area contributed by atoms with Crippen LogP contribution in [0.5, 0.6) is 0 Å². The van der Waals surface area contributed by atoms with Crippen molar-refractivity contribution in [2.45, 2.75) is 32.1 Å². The summed E-state index contributed by atoms with van der Waals surface area (Å²) in [4.78, 5) is 20.0. The summed E-state index contributed by atoms with van der Waals surface area (Å²) in [5.74, 6) is -1.64. The highest BCUT2D eigenvalue weighted by atomic mass is 35.5. The van der Waals surface area contributed by atoms with E-state index in [4.69, 9.17) is 10.2 Å². The predicted molar refractivity (Wildman–Crippen MR) is 52.9 cm³/mol. The molecule has 0 saturated heterocycles. The van der Waals surface area contributed by atoms with Crippen LogP contribution < -0.4 is 0 Å². The van der Waals surface area contributed by atoms with Gasteiger partial charge in [0.15, 0.2) is 0 Å². The molecule has 0 aromatic heterocycles. The Labute approximate surface area is 89.1 Å². The van der Waals surface area contributed by atoms with Gasteiger partial charge in [-0.3, -0.25) is 9.59 Å². The van der Waals surface area contributed by atoms with Crippen molar-refractivity contribution in [2.24, 2.45) is 0 Å². The summed E-state index contributed by atoms with van der Waals surface area (Å²) < 4.78 is 0. The lowest BCUT2D eigenvalue weighted by atomic mass is 10.1. The zero-order valence-corrected chi connectivity index (χ0v) is 8.70. The second-order valence-electron chi connectivity index (χ2n) is 2.35. The van der Waals surface area contributed by atoms with Gasteiger partial charge in [0, 0.05) is 12.8 Å². The molecular weight excluding hydrogens is 219 g/mol. The fourth-order valence-corrected chi connectivity index (χ4v) is 0.729. The molecule has 0 fully saturated rings. The Morgan fingerprint density at radius 2 is 1.08 bits per heavy atom. The molecule has 80 valence electrons. The van der Waals surface area contributed by atoms with E-state index in [-0.39, 0.29) is 37.7 Å². The van der Waals surface area contributed by atoms with E-state index in [0.29, 0.717) is 19.3 Å². The average molecular weight is 233 g/mol. The fraction of sp³-hybridized carbons (Fsp3) is 0.714. The second kappa shape index (κ2) is 11.5. The SMILES string of the molecule is Cl.Cl.O=C(O)CCCCCC(=O)O. The third kappa shape index (κ3) is 18.5. The van der Waals surface area contributed by atoms with Crippen LogP contribution in [0.4, 0.5) is 0 Å². The van der Waals surface area contributed by atoms with Gasteiger partial charge < -0.3 is 10.2 Å². The quantitative estimate of drug-likeness (QED) is 0.687. The molecule has 13 heavy (non-hydrogen) atoms. The molecular formula is C7H14Cl2O4. The monoisotopic (exact) mass is 232 g/mol. The number of hydrogen-bond acceptors (Lipinski definition) is 2. The number of unbranched alkanes of at least 4 members (excludes halogenated alkanes) is 2. The smallest absolute Gasteiger partial charge is 0.303 e. The molecule has 6 heteroatoms. The number of aliphatic carboxylic acids is 2. The maximum absolute atomic E-state index is 9.98. The van der Waals surface area contributed by atoms with Crippen LogP contribution in [-0.4, -0.2) is 22.2 Å². The van der Waals surface area contributed by atoms with Gasteiger partial charge in [0.05, 0.1) is 0 Å². The molecule has 0 aliphatic carbocycles. The van der Waals surface area contributed by atoms with Gasteiger partial charge in [-0.05, 0) is 12.8 Å². The van der Waals surface area contributed by atoms with Gasteiger partial charge in [-0.1, -0.05) is 6.42 Å². The van der Waals surface area contributed by atoms with E-state index in [1.165, 1.54) is 0 Å². The minimum Gasteiger partial charge on any atom is -0.481 e. The standard InChI is InChI=1S/C7H12O4.2ClH/c8-6(9)4-2-1-3-5-7(10)11;;/h1-5H2,(H,8,9)(H,10,11);2*1H. The van der Waals surface area contributed by atoms with E-state index in [9.17, 15) is 9.59 Å². The first-order valence-corrected chi connectivity index (χ1v) is 3.56. The van der Waals surface area contributed by atoms with Gasteiger partial charge >= 0.3 is 11.9 Å². The average Bonchev–Trinajstić information content (AvgIpc) is 1.85. The highest BCUT2D eigenvalue weighted by Crippen LogP contribution is 2.02. The molecule has 0 amide bonds. The third-order valence-corrected chi connectivity index (χ3v) is 1.28. The highest BCUT2D eigenvalue weighted by molar-refractivity contribution is 5.85. The number of hydrogen-bond donors (Lipinski definition) is 2. The minimum atomic E-state index is -0.819. The van der Waals surface area contributed by atoms with Crippen molar-refractivity contribution < 1.29 is 19.8 Å². The van der Waals surface area contributed by atoms with Crippen molar-refractivity contribution in [3.63, 3.8) is 0 Å². The molecule has 4 nitrogen and oxygen atoms in total. The maximum atomic E-state index is 9.98. The third-order valence-electron chi connectivity index (χ3n) is 1.28. The van der Waals surface area contributed by atoms with E-state index < -0.39 is 11.9 Å². The molecule has 0 rings (SSSR count). The predicted octanol–water partition coefficient (Wildman–Crippen LogP) is 1.95. The number of carboxylic acids is 2. The van der Waals surface area contributed by atoms with Crippen molar-refractivity contribution in [1.29, 1.82) is 0 Å². The number of rotatable bonds is 6. The van der Waals surface area contributed by atoms with Crippen molar-refractivity contribution in [1.82, 2.24) is 0 Å². The normalized spacial score (nSPS) is 8.00. The first-order chi connectivity index (χ1) is 5.13. The topological polar surface area (TPSA) is 74.6 Å². The maximum Gasteiger partial charge on any atom is 0.303 e. The molecule has 0 heterocycles. The molecule has 0 aliphatic heterocycles. The summed E-state index contributed by atoms with van der Waals surface area (Å²) in [6.07, 6.45) is 2.10. The Morgan fingerprint density at radius 1 is 0.769 bits per heavy atom. The van der Waals surface area contributed by atoms with Gasteiger partial charge in [-0.25, -0.2) is 0 Å². The summed E-state index contributed by atoms with van der Waals surface area (Å²) in [6.45, 7) is 0. The number of carboxylic acid groups (broad SMARTS) is 2. The van der Waals surface area contributed by atoms with Crippen LogP contribution in [0.15, 0.2) is 0 Å². The van der Waals surface area contributed by atoms with Crippen LogP contribution in [0.3, 0.4) is 0 Å². The van der Waals surface area contributed by atoms with E-state index in [1.807, 2.05) is 0 Å². The first kappa shape index (κ1) is 18.3. The summed E-state index contributed by atoms with van der Waals surface area (Å²) in [5.41, 5.74) is 0. The second-order valence-corrected chi connectivity index (χ2v) is 2.35. The zero-order chi connectivity index (χ0) is 8.69. The van der Waals surface area contributed by atoms with Crippen LogP contribution in [-0.2, 0) is 9.59 Å². The Balaban J connectivity index is -0.000000500. The van der Waals surface area contributed by atoms with Gasteiger partial charge in [0.25, 0.3) is 0 Å². The number of halogens is 2. The molecule has 0 spiro atoms. The van der Waals surface area contributed by atoms with E-state index in [2.05, 4.69) is 0 Å². The van der Waals surface area contributed by atoms with Crippen LogP contribution in [0, 0.1) is 0 Å². The molecule has 0 saturated carbocycles.